The Morgan fingerprint density at radius 2 is 1.67 bits per heavy atom. The fraction of sp³-hybridized carbons (Fsp3) is 0.769. The lowest BCUT2D eigenvalue weighted by Gasteiger charge is -2.14. The van der Waals surface area contributed by atoms with Crippen molar-refractivity contribution < 1.29 is 28.7 Å². The first-order chi connectivity index (χ1) is 10.0. The average Bonchev–Trinajstić information content (AvgIpc) is 2.49. The lowest BCUT2D eigenvalue weighted by Crippen LogP contribution is -2.41. The summed E-state index contributed by atoms with van der Waals surface area (Å²) < 4.78 is 16.7. The van der Waals surface area contributed by atoms with Crippen LogP contribution in [0.1, 0.15) is 44.9 Å². The van der Waals surface area contributed by atoms with Gasteiger partial charge in [-0.3, -0.25) is 19.2 Å². The first kappa shape index (κ1) is 19.3. The van der Waals surface area contributed by atoms with Crippen molar-refractivity contribution in [3.63, 3.8) is 0 Å². The molecule has 0 aromatic carbocycles. The molecule has 0 aliphatic rings. The predicted octanol–water partition coefficient (Wildman–Crippen LogP) is 0.850. The van der Waals surface area contributed by atoms with Crippen LogP contribution in [0.5, 0.6) is 0 Å². The Kier molecular flexibility index (Phi) is 11.1. The summed E-state index contributed by atoms with van der Waals surface area (Å²) in [6, 6.07) is -0.944. The summed E-state index contributed by atoms with van der Waals surface area (Å²) in [6.45, 7) is -0.715. The molecule has 3 N–H and O–H groups in total. The van der Waals surface area contributed by atoms with Crippen LogP contribution in [0.15, 0.2) is 0 Å². The van der Waals surface area contributed by atoms with Gasteiger partial charge < -0.3 is 10.1 Å². The van der Waals surface area contributed by atoms with Gasteiger partial charge in [0.25, 0.3) is 0 Å². The first-order valence-electron chi connectivity index (χ1n) is 6.91. The van der Waals surface area contributed by atoms with E-state index in [1.54, 1.807) is 5.48 Å². The van der Waals surface area contributed by atoms with Crippen LogP contribution >= 0.6 is 0 Å². The number of hydroxylamine groups is 1. The molecule has 0 radical (unpaired) electrons. The highest BCUT2D eigenvalue weighted by atomic mass is 19.1. The van der Waals surface area contributed by atoms with Gasteiger partial charge in [0.1, 0.15) is 6.04 Å². The van der Waals surface area contributed by atoms with Gasteiger partial charge in [-0.1, -0.05) is 12.8 Å². The van der Waals surface area contributed by atoms with Crippen molar-refractivity contribution in [1.29, 1.82) is 0 Å². The summed E-state index contributed by atoms with van der Waals surface area (Å²) in [5, 5.41) is 10.7. The molecule has 2 amide bonds. The van der Waals surface area contributed by atoms with Gasteiger partial charge in [0.15, 0.2) is 0 Å². The number of nitrogens with one attached hydrogen (secondary N) is 2. The van der Waals surface area contributed by atoms with Crippen molar-refractivity contribution in [3.05, 3.63) is 0 Å². The lowest BCUT2D eigenvalue weighted by molar-refractivity contribution is -0.145. The van der Waals surface area contributed by atoms with E-state index in [9.17, 15) is 18.8 Å². The average molecular weight is 306 g/mol. The summed E-state index contributed by atoms with van der Waals surface area (Å²) in [6.07, 6.45) is 3.10. The number of methoxy groups -OCH3 is 1. The second-order valence-corrected chi connectivity index (χ2v) is 4.57. The lowest BCUT2D eigenvalue weighted by atomic mass is 10.1. The van der Waals surface area contributed by atoms with Crippen molar-refractivity contribution in [1.82, 2.24) is 10.8 Å². The second-order valence-electron chi connectivity index (χ2n) is 4.57. The number of esters is 1. The van der Waals surface area contributed by atoms with Crippen LogP contribution in [0, 0.1) is 0 Å². The third-order valence-corrected chi connectivity index (χ3v) is 2.90. The zero-order chi connectivity index (χ0) is 16.1. The monoisotopic (exact) mass is 306 g/mol. The number of hydrogen-bond acceptors (Lipinski definition) is 5. The highest BCUT2D eigenvalue weighted by molar-refractivity contribution is 5.84. The maximum absolute atomic E-state index is 12.3. The third kappa shape index (κ3) is 9.78. The number of ether oxygens (including phenoxy) is 1. The number of carbonyl (C=O) groups excluding carboxylic acids is 3. The minimum absolute atomic E-state index is 0.102. The van der Waals surface area contributed by atoms with E-state index in [-0.39, 0.29) is 25.2 Å². The number of amides is 2. The van der Waals surface area contributed by atoms with Crippen molar-refractivity contribution in [2.75, 3.05) is 13.8 Å². The molecule has 8 heteroatoms. The highest BCUT2D eigenvalue weighted by Gasteiger charge is 2.20. The van der Waals surface area contributed by atoms with Crippen molar-refractivity contribution in [2.45, 2.75) is 51.0 Å². The largest absolute Gasteiger partial charge is 0.467 e. The molecular formula is C13H23FN2O5. The van der Waals surface area contributed by atoms with Gasteiger partial charge in [-0.15, -0.1) is 0 Å². The van der Waals surface area contributed by atoms with Gasteiger partial charge >= 0.3 is 5.97 Å². The maximum Gasteiger partial charge on any atom is 0.328 e. The fourth-order valence-corrected chi connectivity index (χ4v) is 1.75. The zero-order valence-electron chi connectivity index (χ0n) is 12.2. The molecule has 0 aliphatic heterocycles. The molecule has 1 unspecified atom stereocenters. The summed E-state index contributed by atoms with van der Waals surface area (Å²) in [4.78, 5) is 33.6. The Labute approximate surface area is 123 Å². The Morgan fingerprint density at radius 3 is 2.14 bits per heavy atom. The van der Waals surface area contributed by atoms with Gasteiger partial charge in [0, 0.05) is 19.3 Å². The van der Waals surface area contributed by atoms with E-state index in [0.29, 0.717) is 12.8 Å². The summed E-state index contributed by atoms with van der Waals surface area (Å²) in [7, 11) is 1.18. The van der Waals surface area contributed by atoms with Crippen LogP contribution in [-0.2, 0) is 19.1 Å². The number of rotatable bonds is 11. The minimum atomic E-state index is -0.944. The van der Waals surface area contributed by atoms with Crippen molar-refractivity contribution in [3.8, 4) is 0 Å². The van der Waals surface area contributed by atoms with E-state index in [0.717, 1.165) is 12.8 Å². The third-order valence-electron chi connectivity index (χ3n) is 2.90. The minimum Gasteiger partial charge on any atom is -0.467 e. The first-order valence-corrected chi connectivity index (χ1v) is 6.91. The van der Waals surface area contributed by atoms with Crippen LogP contribution in [0.25, 0.3) is 0 Å². The molecule has 0 spiro atoms. The molecule has 0 rings (SSSR count). The van der Waals surface area contributed by atoms with E-state index >= 15 is 0 Å². The summed E-state index contributed by atoms with van der Waals surface area (Å²) >= 11 is 0. The maximum atomic E-state index is 12.3. The Hall–Kier alpha value is -1.70. The van der Waals surface area contributed by atoms with Crippen molar-refractivity contribution in [2.24, 2.45) is 0 Å². The van der Waals surface area contributed by atoms with Crippen molar-refractivity contribution >= 4 is 17.8 Å². The molecule has 0 bridgehead atoms. The van der Waals surface area contributed by atoms with Gasteiger partial charge in [-0.2, -0.15) is 0 Å². The topological polar surface area (TPSA) is 105 Å². The van der Waals surface area contributed by atoms with E-state index < -0.39 is 24.6 Å². The smallest absolute Gasteiger partial charge is 0.328 e. The molecule has 0 fully saturated rings. The highest BCUT2D eigenvalue weighted by Crippen LogP contribution is 2.06. The molecule has 1 atom stereocenters. The van der Waals surface area contributed by atoms with Crippen LogP contribution in [0.2, 0.25) is 0 Å². The van der Waals surface area contributed by atoms with E-state index in [1.807, 2.05) is 0 Å². The van der Waals surface area contributed by atoms with E-state index in [4.69, 9.17) is 5.21 Å². The predicted molar refractivity (Wildman–Crippen MR) is 72.2 cm³/mol. The van der Waals surface area contributed by atoms with Crippen LogP contribution in [-0.4, -0.2) is 42.8 Å². The van der Waals surface area contributed by atoms with Gasteiger partial charge in [0.05, 0.1) is 13.8 Å². The van der Waals surface area contributed by atoms with E-state index in [2.05, 4.69) is 10.1 Å². The molecule has 7 nitrogen and oxygen atoms in total. The molecule has 0 heterocycles. The van der Waals surface area contributed by atoms with Gasteiger partial charge in [0.2, 0.25) is 11.8 Å². The zero-order valence-corrected chi connectivity index (χ0v) is 12.2. The van der Waals surface area contributed by atoms with Crippen LogP contribution < -0.4 is 10.8 Å². The molecule has 0 aromatic rings. The second kappa shape index (κ2) is 12.1. The molecule has 0 aliphatic carbocycles. The Morgan fingerprint density at radius 1 is 1.10 bits per heavy atom. The van der Waals surface area contributed by atoms with Gasteiger partial charge in [-0.05, 0) is 12.8 Å². The Bertz CT molecular complexity index is 339. The number of halogens is 1. The molecule has 122 valence electrons. The molecular weight excluding hydrogens is 283 g/mol. The van der Waals surface area contributed by atoms with Crippen LogP contribution in [0.3, 0.4) is 0 Å². The molecule has 21 heavy (non-hydrogen) atoms. The molecule has 0 saturated heterocycles. The fourth-order valence-electron chi connectivity index (χ4n) is 1.75. The summed E-state index contributed by atoms with van der Waals surface area (Å²) in [5.74, 6) is -1.41. The number of alkyl halides is 1. The van der Waals surface area contributed by atoms with Gasteiger partial charge in [-0.25, -0.2) is 10.3 Å². The Balaban J connectivity index is 3.78. The molecule has 0 saturated carbocycles. The number of unbranched alkanes of at least 4 members (excludes halogenated alkanes) is 3. The van der Waals surface area contributed by atoms with Crippen LogP contribution in [0.4, 0.5) is 4.39 Å². The standard InChI is InChI=1S/C13H23FN2O5/c1-21-13(19)10(8-9-14)15-11(17)6-4-2-3-5-7-12(18)16-20/h10,20H,2-9H2,1H3,(H,15,17)(H,16,18). The quantitative estimate of drug-likeness (QED) is 0.227. The normalized spacial score (nSPS) is 11.6. The van der Waals surface area contributed by atoms with E-state index in [1.165, 1.54) is 7.11 Å². The molecule has 0 aromatic heterocycles. The number of hydrogen-bond donors (Lipinski definition) is 3. The SMILES string of the molecule is COC(=O)C(CCF)NC(=O)CCCCCCC(=O)NO. The number of carbonyl (C=O) groups is 3. The summed E-state index contributed by atoms with van der Waals surface area (Å²) in [5.41, 5.74) is 1.55.